The van der Waals surface area contributed by atoms with Crippen LogP contribution in [0.3, 0.4) is 0 Å². The summed E-state index contributed by atoms with van der Waals surface area (Å²) in [6, 6.07) is 47.7. The molecule has 1 fully saturated rings. The minimum absolute atomic E-state index is 0.0198. The Morgan fingerprint density at radius 1 is 0.621 bits per heavy atom. The van der Waals surface area contributed by atoms with Crippen molar-refractivity contribution in [1.29, 1.82) is 0 Å². The molecule has 8 aromatic rings. The quantitative estimate of drug-likeness (QED) is 0.195. The van der Waals surface area contributed by atoms with E-state index in [1.807, 2.05) is 0 Å². The van der Waals surface area contributed by atoms with Gasteiger partial charge in [-0.25, -0.2) is 0 Å². The first-order chi connectivity index (χ1) is 28.2. The number of nitrogens with zero attached hydrogens (tertiary/aromatic N) is 2. The SMILES string of the molecule is CC1(C)CCC(C)(C)c2cc3c(cc21)c1ccc2ccccc2c1n3-c1cc(C2N=C(c3ccc4ccccc4c3)C3C4=CCCC=C4OC3N2)cc2ccccc12. The number of ether oxygens (including phenoxy) is 1. The summed E-state index contributed by atoms with van der Waals surface area (Å²) >= 11 is 0. The summed E-state index contributed by atoms with van der Waals surface area (Å²) in [5, 5.41) is 13.9. The Balaban J connectivity index is 1.13. The summed E-state index contributed by atoms with van der Waals surface area (Å²) in [5.41, 5.74) is 11.5. The van der Waals surface area contributed by atoms with Crippen molar-refractivity contribution in [3.8, 4) is 5.69 Å². The maximum atomic E-state index is 6.80. The van der Waals surface area contributed by atoms with Gasteiger partial charge in [-0.1, -0.05) is 131 Å². The lowest BCUT2D eigenvalue weighted by atomic mass is 9.63. The molecule has 2 aliphatic heterocycles. The summed E-state index contributed by atoms with van der Waals surface area (Å²) in [6.07, 6.45) is 8.49. The van der Waals surface area contributed by atoms with Crippen LogP contribution in [0.1, 0.15) is 81.8 Å². The van der Waals surface area contributed by atoms with Crippen LogP contribution in [0.25, 0.3) is 59.8 Å². The number of rotatable bonds is 3. The van der Waals surface area contributed by atoms with Crippen molar-refractivity contribution < 1.29 is 4.74 Å². The fourth-order valence-corrected chi connectivity index (χ4v) is 10.8. The first-order valence-electron chi connectivity index (χ1n) is 21.2. The lowest BCUT2D eigenvalue weighted by molar-refractivity contribution is 0.0952. The van der Waals surface area contributed by atoms with E-state index in [0.717, 1.165) is 35.4 Å². The Labute approximate surface area is 339 Å². The normalized spacial score (nSPS) is 22.0. The Morgan fingerprint density at radius 2 is 1.31 bits per heavy atom. The molecule has 7 aromatic carbocycles. The molecular formula is C54H47N3O. The molecule has 0 spiro atoms. The third kappa shape index (κ3) is 5.00. The highest BCUT2D eigenvalue weighted by Crippen LogP contribution is 2.50. The second-order valence-corrected chi connectivity index (χ2v) is 18.4. The summed E-state index contributed by atoms with van der Waals surface area (Å²) in [6.45, 7) is 9.74. The molecular weight excluding hydrogens is 707 g/mol. The van der Waals surface area contributed by atoms with Crippen LogP contribution in [0.4, 0.5) is 0 Å². The monoisotopic (exact) mass is 753 g/mol. The molecule has 3 unspecified atom stereocenters. The van der Waals surface area contributed by atoms with Gasteiger partial charge in [0.1, 0.15) is 11.9 Å². The molecule has 3 atom stereocenters. The van der Waals surface area contributed by atoms with Crippen LogP contribution in [0, 0.1) is 5.92 Å². The number of aromatic nitrogens is 1. The van der Waals surface area contributed by atoms with E-state index in [2.05, 4.69) is 177 Å². The van der Waals surface area contributed by atoms with Crippen molar-refractivity contribution in [3.05, 3.63) is 173 Å². The standard InChI is InChI=1S/C54H47N3O/c1-53(2)25-26-54(3,4)44-31-46-42(30-43(44)53)40-24-23-33-14-7-10-18-39(33)50(40)57(46)45-29-37(28-35-16-8-9-17-38(35)45)51-55-49(36-22-21-32-13-5-6-15-34(32)27-36)48-41-19-11-12-20-47(41)58-52(48)56-51/h5-10,13-24,27-31,48,51-52,56H,11-12,25-26H2,1-4H3. The molecule has 1 saturated heterocycles. The van der Waals surface area contributed by atoms with Gasteiger partial charge < -0.3 is 9.30 Å². The number of benzene rings is 7. The van der Waals surface area contributed by atoms with E-state index >= 15 is 0 Å². The first-order valence-corrected chi connectivity index (χ1v) is 21.2. The van der Waals surface area contributed by atoms with E-state index in [1.165, 1.54) is 89.4 Å². The molecule has 4 nitrogen and oxygen atoms in total. The molecule has 284 valence electrons. The molecule has 1 N–H and O–H groups in total. The highest BCUT2D eigenvalue weighted by molar-refractivity contribution is 6.19. The molecule has 3 heterocycles. The molecule has 0 bridgehead atoms. The molecule has 58 heavy (non-hydrogen) atoms. The Morgan fingerprint density at radius 3 is 2.14 bits per heavy atom. The minimum Gasteiger partial charge on any atom is -0.474 e. The van der Waals surface area contributed by atoms with E-state index < -0.39 is 0 Å². The van der Waals surface area contributed by atoms with Gasteiger partial charge in [-0.3, -0.25) is 10.3 Å². The van der Waals surface area contributed by atoms with Gasteiger partial charge in [0.15, 0.2) is 6.23 Å². The number of fused-ring (bicyclic) bond motifs is 11. The van der Waals surface area contributed by atoms with Gasteiger partial charge >= 0.3 is 0 Å². The second kappa shape index (κ2) is 12.3. The zero-order valence-corrected chi connectivity index (χ0v) is 33.6. The van der Waals surface area contributed by atoms with Crippen molar-refractivity contribution in [2.45, 2.75) is 76.6 Å². The number of allylic oxidation sites excluding steroid dienone is 3. The van der Waals surface area contributed by atoms with E-state index in [-0.39, 0.29) is 29.1 Å². The second-order valence-electron chi connectivity index (χ2n) is 18.4. The van der Waals surface area contributed by atoms with E-state index in [4.69, 9.17) is 9.73 Å². The van der Waals surface area contributed by atoms with Crippen molar-refractivity contribution in [3.63, 3.8) is 0 Å². The smallest absolute Gasteiger partial charge is 0.164 e. The molecule has 0 saturated carbocycles. The molecule has 4 aliphatic rings. The van der Waals surface area contributed by atoms with Gasteiger partial charge in [0.05, 0.1) is 28.4 Å². The molecule has 4 heteroatoms. The van der Waals surface area contributed by atoms with Crippen LogP contribution in [0.15, 0.2) is 156 Å². The van der Waals surface area contributed by atoms with Crippen molar-refractivity contribution in [2.75, 3.05) is 0 Å². The molecule has 1 aromatic heterocycles. The lowest BCUT2D eigenvalue weighted by Gasteiger charge is -2.42. The third-order valence-corrected chi connectivity index (χ3v) is 14.0. The fourth-order valence-electron chi connectivity index (χ4n) is 10.8. The van der Waals surface area contributed by atoms with Gasteiger partial charge in [-0.15, -0.1) is 0 Å². The maximum absolute atomic E-state index is 6.80. The first kappa shape index (κ1) is 34.1. The summed E-state index contributed by atoms with van der Waals surface area (Å²) in [5.74, 6) is 1.03. The zero-order valence-electron chi connectivity index (χ0n) is 33.6. The predicted molar refractivity (Wildman–Crippen MR) is 241 cm³/mol. The highest BCUT2D eigenvalue weighted by Gasteiger charge is 2.45. The Bertz CT molecular complexity index is 3150. The van der Waals surface area contributed by atoms with Gasteiger partial charge in [0.2, 0.25) is 0 Å². The number of hydrogen-bond donors (Lipinski definition) is 1. The maximum Gasteiger partial charge on any atom is 0.164 e. The van der Waals surface area contributed by atoms with E-state index in [9.17, 15) is 0 Å². The van der Waals surface area contributed by atoms with E-state index in [0.29, 0.717) is 0 Å². The summed E-state index contributed by atoms with van der Waals surface area (Å²) < 4.78 is 9.39. The van der Waals surface area contributed by atoms with Gasteiger partial charge in [0, 0.05) is 27.1 Å². The number of hydrogen-bond acceptors (Lipinski definition) is 3. The third-order valence-electron chi connectivity index (χ3n) is 14.0. The Kier molecular flexibility index (Phi) is 7.21. The fraction of sp³-hybridized carbons (Fsp3) is 0.241. The number of aliphatic imine (C=N–C) groups is 1. The molecule has 0 radical (unpaired) electrons. The average molecular weight is 754 g/mol. The van der Waals surface area contributed by atoms with Crippen molar-refractivity contribution >= 4 is 59.8 Å². The molecule has 12 rings (SSSR count). The van der Waals surface area contributed by atoms with Crippen LogP contribution in [-0.2, 0) is 15.6 Å². The van der Waals surface area contributed by atoms with Crippen LogP contribution < -0.4 is 5.32 Å². The zero-order chi connectivity index (χ0) is 38.9. The van der Waals surface area contributed by atoms with Crippen molar-refractivity contribution in [1.82, 2.24) is 9.88 Å². The van der Waals surface area contributed by atoms with Crippen LogP contribution >= 0.6 is 0 Å². The lowest BCUT2D eigenvalue weighted by Crippen LogP contribution is -2.44. The van der Waals surface area contributed by atoms with Crippen molar-refractivity contribution in [2.24, 2.45) is 10.9 Å². The topological polar surface area (TPSA) is 38.5 Å². The van der Waals surface area contributed by atoms with Crippen LogP contribution in [0.2, 0.25) is 0 Å². The molecule has 0 amide bonds. The predicted octanol–water partition coefficient (Wildman–Crippen LogP) is 13.3. The molecule has 2 aliphatic carbocycles. The minimum atomic E-state index is -0.315. The summed E-state index contributed by atoms with van der Waals surface area (Å²) in [4.78, 5) is 5.71. The highest BCUT2D eigenvalue weighted by atomic mass is 16.5. The van der Waals surface area contributed by atoms with Gasteiger partial charge in [-0.2, -0.15) is 0 Å². The summed E-state index contributed by atoms with van der Waals surface area (Å²) in [7, 11) is 0. The average Bonchev–Trinajstić information content (AvgIpc) is 3.79. The van der Waals surface area contributed by atoms with Gasteiger partial charge in [0.25, 0.3) is 0 Å². The van der Waals surface area contributed by atoms with Crippen LogP contribution in [-0.4, -0.2) is 16.5 Å². The Hall–Kier alpha value is -5.97. The largest absolute Gasteiger partial charge is 0.474 e. The van der Waals surface area contributed by atoms with E-state index in [1.54, 1.807) is 0 Å². The number of nitrogens with one attached hydrogen (secondary N) is 1. The van der Waals surface area contributed by atoms with Gasteiger partial charge in [-0.05, 0) is 117 Å². The van der Waals surface area contributed by atoms with Crippen LogP contribution in [0.5, 0.6) is 0 Å².